The minimum absolute atomic E-state index is 0.153. The van der Waals surface area contributed by atoms with Crippen LogP contribution < -0.4 is 10.5 Å². The van der Waals surface area contributed by atoms with Crippen LogP contribution in [0.25, 0.3) is 0 Å². The number of ether oxygens (including phenoxy) is 1. The summed E-state index contributed by atoms with van der Waals surface area (Å²) in [7, 11) is 0. The summed E-state index contributed by atoms with van der Waals surface area (Å²) in [5.41, 5.74) is 4.73. The SMILES string of the molecule is Nc1ncc([N+](=O)[O-])c(Oc2ccc(F)c(F)c2)n1. The van der Waals surface area contributed by atoms with Crippen molar-refractivity contribution in [2.75, 3.05) is 5.73 Å². The van der Waals surface area contributed by atoms with Crippen LogP contribution in [0.3, 0.4) is 0 Å². The highest BCUT2D eigenvalue weighted by Crippen LogP contribution is 2.29. The molecule has 0 saturated heterocycles. The van der Waals surface area contributed by atoms with Crippen molar-refractivity contribution in [3.8, 4) is 11.6 Å². The molecule has 1 aromatic carbocycles. The molecule has 0 fully saturated rings. The summed E-state index contributed by atoms with van der Waals surface area (Å²) < 4.78 is 30.7. The molecule has 0 amide bonds. The summed E-state index contributed by atoms with van der Waals surface area (Å²) in [4.78, 5) is 16.9. The Balaban J connectivity index is 2.39. The minimum atomic E-state index is -1.15. The highest BCUT2D eigenvalue weighted by Gasteiger charge is 2.19. The zero-order valence-corrected chi connectivity index (χ0v) is 9.21. The first-order chi connectivity index (χ1) is 8.97. The standard InChI is InChI=1S/C10H6F2N4O3/c11-6-2-1-5(3-7(6)12)19-9-8(16(17)18)4-14-10(13)15-9/h1-4H,(H2,13,14,15). The summed E-state index contributed by atoms with van der Waals surface area (Å²) >= 11 is 0. The number of benzene rings is 1. The molecule has 98 valence electrons. The maximum atomic E-state index is 13.0. The third-order valence-corrected chi connectivity index (χ3v) is 2.06. The molecule has 1 aromatic heterocycles. The number of nitrogens with zero attached hydrogens (tertiary/aromatic N) is 3. The van der Waals surface area contributed by atoms with E-state index in [9.17, 15) is 18.9 Å². The molecular formula is C10H6F2N4O3. The minimum Gasteiger partial charge on any atom is -0.433 e. The van der Waals surface area contributed by atoms with Gasteiger partial charge in [0.1, 0.15) is 11.9 Å². The van der Waals surface area contributed by atoms with Crippen molar-refractivity contribution in [3.63, 3.8) is 0 Å². The third-order valence-electron chi connectivity index (χ3n) is 2.06. The van der Waals surface area contributed by atoms with Crippen LogP contribution in [-0.2, 0) is 0 Å². The van der Waals surface area contributed by atoms with Crippen molar-refractivity contribution < 1.29 is 18.4 Å². The molecule has 2 N–H and O–H groups in total. The number of nitrogen functional groups attached to an aromatic ring is 1. The molecule has 0 aliphatic heterocycles. The second-order valence-electron chi connectivity index (χ2n) is 3.35. The Morgan fingerprint density at radius 1 is 1.32 bits per heavy atom. The van der Waals surface area contributed by atoms with Crippen LogP contribution in [0.5, 0.6) is 11.6 Å². The molecule has 0 atom stereocenters. The highest BCUT2D eigenvalue weighted by molar-refractivity contribution is 5.44. The molecule has 2 rings (SSSR count). The molecule has 0 radical (unpaired) electrons. The van der Waals surface area contributed by atoms with E-state index < -0.39 is 28.1 Å². The van der Waals surface area contributed by atoms with Crippen molar-refractivity contribution in [2.45, 2.75) is 0 Å². The van der Waals surface area contributed by atoms with E-state index in [1.807, 2.05) is 0 Å². The monoisotopic (exact) mass is 268 g/mol. The van der Waals surface area contributed by atoms with Crippen molar-refractivity contribution in [1.82, 2.24) is 9.97 Å². The number of hydrogen-bond donors (Lipinski definition) is 1. The Kier molecular flexibility index (Phi) is 3.19. The van der Waals surface area contributed by atoms with Gasteiger partial charge in [-0.3, -0.25) is 10.1 Å². The first-order valence-electron chi connectivity index (χ1n) is 4.87. The maximum absolute atomic E-state index is 13.0. The predicted octanol–water partition coefficient (Wildman–Crippen LogP) is 2.04. The second kappa shape index (κ2) is 4.80. The molecule has 0 unspecified atom stereocenters. The zero-order valence-electron chi connectivity index (χ0n) is 9.21. The normalized spacial score (nSPS) is 10.2. The van der Waals surface area contributed by atoms with Crippen LogP contribution >= 0.6 is 0 Å². The lowest BCUT2D eigenvalue weighted by Crippen LogP contribution is -2.01. The van der Waals surface area contributed by atoms with Gasteiger partial charge < -0.3 is 10.5 Å². The average molecular weight is 268 g/mol. The van der Waals surface area contributed by atoms with Crippen molar-refractivity contribution >= 4 is 11.6 Å². The smallest absolute Gasteiger partial charge is 0.349 e. The van der Waals surface area contributed by atoms with Gasteiger partial charge in [0.15, 0.2) is 11.6 Å². The second-order valence-corrected chi connectivity index (χ2v) is 3.35. The summed E-state index contributed by atoms with van der Waals surface area (Å²) in [6.07, 6.45) is 0.859. The van der Waals surface area contributed by atoms with Gasteiger partial charge in [0.25, 0.3) is 0 Å². The Hall–Kier alpha value is -2.84. The van der Waals surface area contributed by atoms with Gasteiger partial charge in [-0.15, -0.1) is 0 Å². The van der Waals surface area contributed by atoms with E-state index in [0.29, 0.717) is 0 Å². The fourth-order valence-electron chi connectivity index (χ4n) is 1.22. The van der Waals surface area contributed by atoms with E-state index in [-0.39, 0.29) is 11.7 Å². The van der Waals surface area contributed by atoms with Gasteiger partial charge in [-0.05, 0) is 12.1 Å². The molecule has 1 heterocycles. The fourth-order valence-corrected chi connectivity index (χ4v) is 1.22. The molecule has 7 nitrogen and oxygen atoms in total. The van der Waals surface area contributed by atoms with Gasteiger partial charge in [0.05, 0.1) is 4.92 Å². The summed E-state index contributed by atoms with van der Waals surface area (Å²) in [5.74, 6) is -3.07. The summed E-state index contributed by atoms with van der Waals surface area (Å²) in [5, 5.41) is 10.7. The molecule has 19 heavy (non-hydrogen) atoms. The number of nitrogens with two attached hydrogens (primary N) is 1. The largest absolute Gasteiger partial charge is 0.433 e. The van der Waals surface area contributed by atoms with Crippen molar-refractivity contribution in [2.24, 2.45) is 0 Å². The first kappa shape index (κ1) is 12.6. The first-order valence-corrected chi connectivity index (χ1v) is 4.87. The van der Waals surface area contributed by atoms with Gasteiger partial charge in [-0.2, -0.15) is 4.98 Å². The number of halogens is 2. The lowest BCUT2D eigenvalue weighted by Gasteiger charge is -2.05. The van der Waals surface area contributed by atoms with Crippen LogP contribution in [0.2, 0.25) is 0 Å². The maximum Gasteiger partial charge on any atom is 0.349 e. The fraction of sp³-hybridized carbons (Fsp3) is 0. The molecule has 0 saturated carbocycles. The third kappa shape index (κ3) is 2.70. The van der Waals surface area contributed by atoms with Gasteiger partial charge in [0.2, 0.25) is 5.95 Å². The zero-order chi connectivity index (χ0) is 14.0. The predicted molar refractivity (Wildman–Crippen MR) is 59.5 cm³/mol. The number of nitro groups is 1. The lowest BCUT2D eigenvalue weighted by atomic mass is 10.3. The van der Waals surface area contributed by atoms with E-state index in [1.165, 1.54) is 0 Å². The van der Waals surface area contributed by atoms with Gasteiger partial charge >= 0.3 is 11.6 Å². The quantitative estimate of drug-likeness (QED) is 0.674. The number of aromatic nitrogens is 2. The average Bonchev–Trinajstić information content (AvgIpc) is 2.33. The van der Waals surface area contributed by atoms with Crippen molar-refractivity contribution in [1.29, 1.82) is 0 Å². The molecule has 2 aromatic rings. The van der Waals surface area contributed by atoms with Crippen LogP contribution in [0.4, 0.5) is 20.4 Å². The van der Waals surface area contributed by atoms with Gasteiger partial charge in [-0.25, -0.2) is 13.8 Å². The van der Waals surface area contributed by atoms with Gasteiger partial charge in [-0.1, -0.05) is 0 Å². The summed E-state index contributed by atoms with van der Waals surface area (Å²) in [6, 6.07) is 2.65. The van der Waals surface area contributed by atoms with Crippen LogP contribution in [0.15, 0.2) is 24.4 Å². The number of anilines is 1. The van der Waals surface area contributed by atoms with E-state index >= 15 is 0 Å². The van der Waals surface area contributed by atoms with Crippen LogP contribution in [-0.4, -0.2) is 14.9 Å². The Labute approximate surface area is 104 Å². The van der Waals surface area contributed by atoms with E-state index in [4.69, 9.17) is 10.5 Å². The molecule has 9 heteroatoms. The molecule has 0 spiro atoms. The van der Waals surface area contributed by atoms with Crippen molar-refractivity contribution in [3.05, 3.63) is 46.1 Å². The van der Waals surface area contributed by atoms with Crippen LogP contribution in [0, 0.1) is 21.7 Å². The lowest BCUT2D eigenvalue weighted by molar-refractivity contribution is -0.386. The molecule has 0 aliphatic carbocycles. The van der Waals surface area contributed by atoms with E-state index in [2.05, 4.69) is 9.97 Å². The highest BCUT2D eigenvalue weighted by atomic mass is 19.2. The van der Waals surface area contributed by atoms with E-state index in [1.54, 1.807) is 0 Å². The number of rotatable bonds is 3. The van der Waals surface area contributed by atoms with E-state index in [0.717, 1.165) is 24.4 Å². The topological polar surface area (TPSA) is 104 Å². The number of hydrogen-bond acceptors (Lipinski definition) is 6. The molecule has 0 bridgehead atoms. The Morgan fingerprint density at radius 3 is 2.68 bits per heavy atom. The van der Waals surface area contributed by atoms with Crippen LogP contribution in [0.1, 0.15) is 0 Å². The van der Waals surface area contributed by atoms with Gasteiger partial charge in [0, 0.05) is 6.07 Å². The molecule has 0 aliphatic rings. The molecular weight excluding hydrogens is 262 g/mol. The Morgan fingerprint density at radius 2 is 2.05 bits per heavy atom. The Bertz CT molecular complexity index is 651. The summed E-state index contributed by atoms with van der Waals surface area (Å²) in [6.45, 7) is 0.